The summed E-state index contributed by atoms with van der Waals surface area (Å²) in [6.45, 7) is 5.79. The Labute approximate surface area is 122 Å². The van der Waals surface area contributed by atoms with Crippen LogP contribution in [-0.2, 0) is 6.54 Å². The molecule has 1 aromatic carbocycles. The summed E-state index contributed by atoms with van der Waals surface area (Å²) in [4.78, 5) is 5.08. The van der Waals surface area contributed by atoms with Gasteiger partial charge in [0.15, 0.2) is 0 Å². The fraction of sp³-hybridized carbons (Fsp3) is 0.647. The van der Waals surface area contributed by atoms with Crippen LogP contribution < -0.4 is 0 Å². The highest BCUT2D eigenvalue weighted by atomic mass is 16.3. The van der Waals surface area contributed by atoms with Crippen LogP contribution >= 0.6 is 0 Å². The fourth-order valence-electron chi connectivity index (χ4n) is 3.34. The largest absolute Gasteiger partial charge is 0.395 e. The third-order valence-corrected chi connectivity index (χ3v) is 4.57. The zero-order chi connectivity index (χ0) is 13.8. The summed E-state index contributed by atoms with van der Waals surface area (Å²) >= 11 is 0. The van der Waals surface area contributed by atoms with E-state index in [1.165, 1.54) is 37.9 Å². The molecule has 20 heavy (non-hydrogen) atoms. The standard InChI is InChI=1S/C17H26N2O/c20-11-10-18-9-8-16(12-18)14-19(17-6-7-17)13-15-4-2-1-3-5-15/h1-5,16-17,20H,6-14H2/t16-/m0/s1. The molecule has 0 amide bonds. The number of rotatable bonds is 7. The Balaban J connectivity index is 1.53. The molecule has 0 aromatic heterocycles. The molecule has 1 atom stereocenters. The number of likely N-dealkylation sites (tertiary alicyclic amines) is 1. The molecule has 3 heteroatoms. The highest BCUT2D eigenvalue weighted by Gasteiger charge is 2.32. The van der Waals surface area contributed by atoms with Crippen molar-refractivity contribution in [3.05, 3.63) is 35.9 Å². The maximum absolute atomic E-state index is 9.04. The van der Waals surface area contributed by atoms with Crippen molar-refractivity contribution in [2.75, 3.05) is 32.8 Å². The molecule has 0 bridgehead atoms. The second-order valence-electron chi connectivity index (χ2n) is 6.33. The Morgan fingerprint density at radius 3 is 2.65 bits per heavy atom. The second kappa shape index (κ2) is 6.70. The highest BCUT2D eigenvalue weighted by Crippen LogP contribution is 2.30. The van der Waals surface area contributed by atoms with Gasteiger partial charge in [0.2, 0.25) is 0 Å². The van der Waals surface area contributed by atoms with Gasteiger partial charge in [-0.1, -0.05) is 30.3 Å². The molecule has 3 nitrogen and oxygen atoms in total. The average Bonchev–Trinajstić information content (AvgIpc) is 3.22. The maximum atomic E-state index is 9.04. The lowest BCUT2D eigenvalue weighted by atomic mass is 10.1. The third kappa shape index (κ3) is 3.81. The number of hydrogen-bond donors (Lipinski definition) is 1. The first-order chi connectivity index (χ1) is 9.85. The van der Waals surface area contributed by atoms with Gasteiger partial charge in [-0.2, -0.15) is 0 Å². The predicted octanol–water partition coefficient (Wildman–Crippen LogP) is 1.97. The van der Waals surface area contributed by atoms with Gasteiger partial charge in [-0.15, -0.1) is 0 Å². The molecule has 110 valence electrons. The van der Waals surface area contributed by atoms with Crippen LogP contribution in [0.15, 0.2) is 30.3 Å². The summed E-state index contributed by atoms with van der Waals surface area (Å²) in [5, 5.41) is 9.04. The Bertz CT molecular complexity index is 405. The minimum absolute atomic E-state index is 0.295. The van der Waals surface area contributed by atoms with E-state index in [2.05, 4.69) is 40.1 Å². The minimum Gasteiger partial charge on any atom is -0.395 e. The van der Waals surface area contributed by atoms with Gasteiger partial charge in [-0.25, -0.2) is 0 Å². The van der Waals surface area contributed by atoms with Crippen molar-refractivity contribution < 1.29 is 5.11 Å². The van der Waals surface area contributed by atoms with Crippen molar-refractivity contribution >= 4 is 0 Å². The van der Waals surface area contributed by atoms with E-state index in [1.54, 1.807) is 0 Å². The Morgan fingerprint density at radius 1 is 1.15 bits per heavy atom. The van der Waals surface area contributed by atoms with Crippen molar-refractivity contribution in [3.63, 3.8) is 0 Å². The minimum atomic E-state index is 0.295. The van der Waals surface area contributed by atoms with Crippen molar-refractivity contribution in [3.8, 4) is 0 Å². The van der Waals surface area contributed by atoms with Gasteiger partial charge >= 0.3 is 0 Å². The van der Waals surface area contributed by atoms with E-state index in [0.717, 1.165) is 31.6 Å². The maximum Gasteiger partial charge on any atom is 0.0558 e. The van der Waals surface area contributed by atoms with Gasteiger partial charge in [-0.05, 0) is 37.3 Å². The first-order valence-corrected chi connectivity index (χ1v) is 7.96. The number of aliphatic hydroxyl groups is 1. The van der Waals surface area contributed by atoms with E-state index < -0.39 is 0 Å². The molecule has 3 rings (SSSR count). The second-order valence-corrected chi connectivity index (χ2v) is 6.33. The first kappa shape index (κ1) is 14.1. The van der Waals surface area contributed by atoms with Gasteiger partial charge in [0.05, 0.1) is 6.61 Å². The van der Waals surface area contributed by atoms with E-state index in [-0.39, 0.29) is 0 Å². The van der Waals surface area contributed by atoms with Crippen LogP contribution in [0, 0.1) is 5.92 Å². The predicted molar refractivity (Wildman–Crippen MR) is 81.5 cm³/mol. The Kier molecular flexibility index (Phi) is 4.71. The summed E-state index contributed by atoms with van der Waals surface area (Å²) in [5.74, 6) is 0.783. The SMILES string of the molecule is OCCN1CC[C@H](CN(Cc2ccccc2)C2CC2)C1. The summed E-state index contributed by atoms with van der Waals surface area (Å²) < 4.78 is 0. The molecule has 1 aliphatic carbocycles. The lowest BCUT2D eigenvalue weighted by Crippen LogP contribution is -2.33. The average molecular weight is 274 g/mol. The topological polar surface area (TPSA) is 26.7 Å². The lowest BCUT2D eigenvalue weighted by molar-refractivity contribution is 0.194. The molecular formula is C17H26N2O. The van der Waals surface area contributed by atoms with Crippen molar-refractivity contribution in [2.24, 2.45) is 5.92 Å². The highest BCUT2D eigenvalue weighted by molar-refractivity contribution is 5.15. The summed E-state index contributed by atoms with van der Waals surface area (Å²) in [7, 11) is 0. The fourth-order valence-corrected chi connectivity index (χ4v) is 3.34. The smallest absolute Gasteiger partial charge is 0.0558 e. The molecule has 2 aliphatic rings. The van der Waals surface area contributed by atoms with E-state index >= 15 is 0 Å². The number of hydrogen-bond acceptors (Lipinski definition) is 3. The zero-order valence-electron chi connectivity index (χ0n) is 12.2. The van der Waals surface area contributed by atoms with Gasteiger partial charge in [0.1, 0.15) is 0 Å². The van der Waals surface area contributed by atoms with Gasteiger partial charge < -0.3 is 10.0 Å². The molecule has 1 saturated carbocycles. The summed E-state index contributed by atoms with van der Waals surface area (Å²) in [6.07, 6.45) is 4.04. The number of nitrogens with zero attached hydrogens (tertiary/aromatic N) is 2. The van der Waals surface area contributed by atoms with Crippen LogP contribution in [0.25, 0.3) is 0 Å². The Morgan fingerprint density at radius 2 is 1.95 bits per heavy atom. The molecule has 0 spiro atoms. The Hall–Kier alpha value is -0.900. The van der Waals surface area contributed by atoms with Crippen LogP contribution in [0.5, 0.6) is 0 Å². The molecule has 1 N–H and O–H groups in total. The van der Waals surface area contributed by atoms with Crippen LogP contribution in [-0.4, -0.2) is 53.7 Å². The van der Waals surface area contributed by atoms with E-state index in [0.29, 0.717) is 6.61 Å². The first-order valence-electron chi connectivity index (χ1n) is 7.96. The van der Waals surface area contributed by atoms with Crippen LogP contribution in [0.1, 0.15) is 24.8 Å². The molecule has 0 unspecified atom stereocenters. The van der Waals surface area contributed by atoms with Gasteiger partial charge in [-0.3, -0.25) is 4.90 Å². The lowest BCUT2D eigenvalue weighted by Gasteiger charge is -2.25. The monoisotopic (exact) mass is 274 g/mol. The number of aliphatic hydroxyl groups excluding tert-OH is 1. The van der Waals surface area contributed by atoms with Crippen molar-refractivity contribution in [1.29, 1.82) is 0 Å². The van der Waals surface area contributed by atoms with Gasteiger partial charge in [0, 0.05) is 32.2 Å². The molecule has 1 heterocycles. The molecule has 1 aromatic rings. The number of benzene rings is 1. The molecule has 0 radical (unpaired) electrons. The summed E-state index contributed by atoms with van der Waals surface area (Å²) in [5.41, 5.74) is 1.43. The van der Waals surface area contributed by atoms with Crippen LogP contribution in [0.4, 0.5) is 0 Å². The normalized spacial score (nSPS) is 23.6. The third-order valence-electron chi connectivity index (χ3n) is 4.57. The number of β-amino-alcohol motifs (C(OH)–C–C–N with tert-alkyl or cyclic N) is 1. The van der Waals surface area contributed by atoms with E-state index in [4.69, 9.17) is 5.11 Å². The van der Waals surface area contributed by atoms with Crippen LogP contribution in [0.3, 0.4) is 0 Å². The quantitative estimate of drug-likeness (QED) is 0.823. The van der Waals surface area contributed by atoms with Crippen molar-refractivity contribution in [1.82, 2.24) is 9.80 Å². The van der Waals surface area contributed by atoms with Crippen molar-refractivity contribution in [2.45, 2.75) is 31.8 Å². The molecule has 1 aliphatic heterocycles. The molecule has 1 saturated heterocycles. The summed E-state index contributed by atoms with van der Waals surface area (Å²) in [6, 6.07) is 11.7. The zero-order valence-corrected chi connectivity index (χ0v) is 12.2. The van der Waals surface area contributed by atoms with Crippen LogP contribution in [0.2, 0.25) is 0 Å². The van der Waals surface area contributed by atoms with E-state index in [1.807, 2.05) is 0 Å². The molecule has 2 fully saturated rings. The van der Waals surface area contributed by atoms with Gasteiger partial charge in [0.25, 0.3) is 0 Å². The van der Waals surface area contributed by atoms with E-state index in [9.17, 15) is 0 Å². The molecular weight excluding hydrogens is 248 g/mol.